The average Bonchev–Trinajstić information content (AvgIpc) is 2.40. The topological polar surface area (TPSA) is 58.0 Å². The molecule has 0 aliphatic rings. The highest BCUT2D eigenvalue weighted by atomic mass is 16.3. The van der Waals surface area contributed by atoms with Gasteiger partial charge in [0.1, 0.15) is 0 Å². The molecule has 0 aliphatic carbocycles. The summed E-state index contributed by atoms with van der Waals surface area (Å²) in [5.74, 6) is 0.791. The third kappa shape index (κ3) is 3.07. The molecule has 0 saturated heterocycles. The largest absolute Gasteiger partial charge is 0.396 e. The molecule has 1 aromatic carbocycles. The van der Waals surface area contributed by atoms with E-state index in [2.05, 4.69) is 48.4 Å². The Bertz CT molecular complexity index is 590. The van der Waals surface area contributed by atoms with Crippen LogP contribution in [0.1, 0.15) is 32.9 Å². The number of aliphatic hydroxyl groups is 1. The minimum absolute atomic E-state index is 0.0381. The van der Waals surface area contributed by atoms with Gasteiger partial charge in [0.05, 0.1) is 5.69 Å². The first-order valence-corrected chi connectivity index (χ1v) is 7.03. The Morgan fingerprint density at radius 2 is 1.80 bits per heavy atom. The summed E-state index contributed by atoms with van der Waals surface area (Å²) in [6.45, 7) is 8.60. The van der Waals surface area contributed by atoms with E-state index >= 15 is 0 Å². The Kier molecular flexibility index (Phi) is 4.23. The first-order valence-electron chi connectivity index (χ1n) is 7.03. The zero-order valence-corrected chi connectivity index (χ0v) is 12.6. The number of aromatic nitrogens is 2. The van der Waals surface area contributed by atoms with Crippen molar-refractivity contribution in [2.24, 2.45) is 5.41 Å². The molecule has 108 valence electrons. The van der Waals surface area contributed by atoms with E-state index in [0.717, 1.165) is 22.3 Å². The van der Waals surface area contributed by atoms with Crippen LogP contribution in [0.2, 0.25) is 0 Å². The lowest BCUT2D eigenvalue weighted by atomic mass is 9.85. The Balaban J connectivity index is 2.40. The molecule has 1 heterocycles. The van der Waals surface area contributed by atoms with Crippen molar-refractivity contribution in [3.63, 3.8) is 0 Å². The van der Waals surface area contributed by atoms with E-state index in [0.29, 0.717) is 6.42 Å². The summed E-state index contributed by atoms with van der Waals surface area (Å²) >= 11 is 0. The monoisotopic (exact) mass is 273 g/mol. The minimum atomic E-state index is 0.0381. The average molecular weight is 273 g/mol. The van der Waals surface area contributed by atoms with Gasteiger partial charge in [0.15, 0.2) is 5.82 Å². The van der Waals surface area contributed by atoms with Crippen LogP contribution in [0.15, 0.2) is 24.3 Å². The van der Waals surface area contributed by atoms with Crippen molar-refractivity contribution < 1.29 is 5.11 Å². The molecule has 1 aromatic heterocycles. The Labute approximate surface area is 120 Å². The van der Waals surface area contributed by atoms with Gasteiger partial charge in [0.2, 0.25) is 0 Å². The van der Waals surface area contributed by atoms with Crippen molar-refractivity contribution in [1.29, 1.82) is 0 Å². The predicted octanol–water partition coefficient (Wildman–Crippen LogP) is 3.15. The molecular formula is C16H23N3O. The minimum Gasteiger partial charge on any atom is -0.396 e. The molecule has 0 amide bonds. The van der Waals surface area contributed by atoms with Gasteiger partial charge in [-0.1, -0.05) is 45.0 Å². The zero-order chi connectivity index (χ0) is 14.8. The molecule has 0 saturated carbocycles. The summed E-state index contributed by atoms with van der Waals surface area (Å²) in [6.07, 6.45) is 0.688. The Morgan fingerprint density at radius 1 is 1.15 bits per heavy atom. The number of anilines is 1. The van der Waals surface area contributed by atoms with E-state index in [1.165, 1.54) is 0 Å². The second-order valence-corrected chi connectivity index (χ2v) is 6.25. The van der Waals surface area contributed by atoms with Gasteiger partial charge < -0.3 is 10.4 Å². The lowest BCUT2D eigenvalue weighted by Crippen LogP contribution is -2.35. The molecule has 20 heavy (non-hydrogen) atoms. The molecule has 1 unspecified atom stereocenters. The summed E-state index contributed by atoms with van der Waals surface area (Å²) in [5.41, 5.74) is 0.969. The molecule has 0 fully saturated rings. The van der Waals surface area contributed by atoms with Gasteiger partial charge in [-0.15, -0.1) is 5.10 Å². The molecule has 4 heteroatoms. The van der Waals surface area contributed by atoms with E-state index in [-0.39, 0.29) is 18.1 Å². The fourth-order valence-corrected chi connectivity index (χ4v) is 2.36. The normalized spacial score (nSPS) is 13.4. The first-order chi connectivity index (χ1) is 9.43. The second kappa shape index (κ2) is 5.75. The third-order valence-electron chi connectivity index (χ3n) is 3.65. The van der Waals surface area contributed by atoms with Crippen LogP contribution < -0.4 is 5.32 Å². The molecule has 2 rings (SSSR count). The van der Waals surface area contributed by atoms with Gasteiger partial charge in [-0.25, -0.2) is 0 Å². The van der Waals surface area contributed by atoms with Gasteiger partial charge in [0, 0.05) is 23.4 Å². The molecule has 0 aliphatic heterocycles. The number of hydrogen-bond donors (Lipinski definition) is 2. The molecule has 2 aromatic rings. The number of aliphatic hydroxyl groups excluding tert-OH is 1. The maximum Gasteiger partial charge on any atom is 0.156 e. The van der Waals surface area contributed by atoms with E-state index in [9.17, 15) is 5.11 Å². The zero-order valence-electron chi connectivity index (χ0n) is 12.6. The lowest BCUT2D eigenvalue weighted by molar-refractivity contribution is 0.235. The number of aryl methyl sites for hydroxylation is 1. The quantitative estimate of drug-likeness (QED) is 0.898. The van der Waals surface area contributed by atoms with Crippen LogP contribution in [0.3, 0.4) is 0 Å². The number of fused-ring (bicyclic) bond motifs is 1. The van der Waals surface area contributed by atoms with Crippen molar-refractivity contribution in [1.82, 2.24) is 10.2 Å². The van der Waals surface area contributed by atoms with Crippen LogP contribution in [0, 0.1) is 12.3 Å². The maximum atomic E-state index is 9.26. The summed E-state index contributed by atoms with van der Waals surface area (Å²) in [5, 5.41) is 23.4. The number of nitrogens with one attached hydrogen (secondary N) is 1. The van der Waals surface area contributed by atoms with Gasteiger partial charge in [-0.05, 0) is 18.8 Å². The fourth-order valence-electron chi connectivity index (χ4n) is 2.36. The van der Waals surface area contributed by atoms with Crippen molar-refractivity contribution in [2.75, 3.05) is 11.9 Å². The predicted molar refractivity (Wildman–Crippen MR) is 82.8 cm³/mol. The number of hydrogen-bond acceptors (Lipinski definition) is 4. The third-order valence-corrected chi connectivity index (χ3v) is 3.65. The van der Waals surface area contributed by atoms with Crippen LogP contribution in [0.4, 0.5) is 5.82 Å². The summed E-state index contributed by atoms with van der Waals surface area (Å²) in [6, 6.07) is 8.27. The Hall–Kier alpha value is -1.68. The standard InChI is InChI=1S/C16H23N3O/c1-11-12-7-5-6-8-13(12)15(19-18-11)17-14(9-10-20)16(2,3)4/h5-8,14,20H,9-10H2,1-4H3,(H,17,19). The molecule has 1 atom stereocenters. The highest BCUT2D eigenvalue weighted by Gasteiger charge is 2.25. The van der Waals surface area contributed by atoms with Crippen molar-refractivity contribution in [2.45, 2.75) is 40.2 Å². The van der Waals surface area contributed by atoms with Crippen molar-refractivity contribution in [3.05, 3.63) is 30.0 Å². The van der Waals surface area contributed by atoms with Gasteiger partial charge >= 0.3 is 0 Å². The first kappa shape index (κ1) is 14.7. The van der Waals surface area contributed by atoms with Crippen LogP contribution in [-0.4, -0.2) is 28.0 Å². The van der Waals surface area contributed by atoms with Crippen LogP contribution in [0.25, 0.3) is 10.8 Å². The number of rotatable bonds is 4. The lowest BCUT2D eigenvalue weighted by Gasteiger charge is -2.31. The van der Waals surface area contributed by atoms with E-state index in [1.807, 2.05) is 19.1 Å². The molecule has 4 nitrogen and oxygen atoms in total. The fraction of sp³-hybridized carbons (Fsp3) is 0.500. The smallest absolute Gasteiger partial charge is 0.156 e. The molecule has 2 N–H and O–H groups in total. The van der Waals surface area contributed by atoms with E-state index in [4.69, 9.17) is 0 Å². The van der Waals surface area contributed by atoms with Gasteiger partial charge in [-0.2, -0.15) is 5.10 Å². The summed E-state index contributed by atoms with van der Waals surface area (Å²) in [4.78, 5) is 0. The molecular weight excluding hydrogens is 250 g/mol. The molecule has 0 spiro atoms. The summed E-state index contributed by atoms with van der Waals surface area (Å²) in [7, 11) is 0. The Morgan fingerprint density at radius 3 is 2.40 bits per heavy atom. The molecule has 0 bridgehead atoms. The van der Waals surface area contributed by atoms with Crippen LogP contribution in [0.5, 0.6) is 0 Å². The van der Waals surface area contributed by atoms with Crippen LogP contribution >= 0.6 is 0 Å². The maximum absolute atomic E-state index is 9.26. The second-order valence-electron chi connectivity index (χ2n) is 6.25. The number of benzene rings is 1. The van der Waals surface area contributed by atoms with E-state index < -0.39 is 0 Å². The van der Waals surface area contributed by atoms with Crippen molar-refractivity contribution in [3.8, 4) is 0 Å². The highest BCUT2D eigenvalue weighted by molar-refractivity contribution is 5.92. The number of nitrogens with zero attached hydrogens (tertiary/aromatic N) is 2. The van der Waals surface area contributed by atoms with Gasteiger partial charge in [-0.3, -0.25) is 0 Å². The highest BCUT2D eigenvalue weighted by Crippen LogP contribution is 2.28. The molecule has 0 radical (unpaired) electrons. The van der Waals surface area contributed by atoms with Crippen molar-refractivity contribution >= 4 is 16.6 Å². The van der Waals surface area contributed by atoms with E-state index in [1.54, 1.807) is 0 Å². The van der Waals surface area contributed by atoms with Gasteiger partial charge in [0.25, 0.3) is 0 Å². The SMILES string of the molecule is Cc1nnc(NC(CCO)C(C)(C)C)c2ccccc12. The van der Waals surface area contributed by atoms with Crippen LogP contribution in [-0.2, 0) is 0 Å². The summed E-state index contributed by atoms with van der Waals surface area (Å²) < 4.78 is 0.